The topological polar surface area (TPSA) is 71.8 Å². The Labute approximate surface area is 147 Å². The van der Waals surface area contributed by atoms with E-state index in [1.54, 1.807) is 23.3 Å². The minimum atomic E-state index is 0. The van der Waals surface area contributed by atoms with Crippen LogP contribution >= 0.6 is 24.8 Å². The van der Waals surface area contributed by atoms with Crippen LogP contribution in [-0.4, -0.2) is 33.3 Å². The molecule has 0 bridgehead atoms. The fraction of sp³-hybridized carbons (Fsp3) is 0.400. The molecule has 0 aromatic carbocycles. The Balaban J connectivity index is 0.00000132. The molecule has 23 heavy (non-hydrogen) atoms. The van der Waals surface area contributed by atoms with E-state index in [0.29, 0.717) is 19.0 Å². The van der Waals surface area contributed by atoms with Crippen LogP contribution in [0.1, 0.15) is 24.8 Å². The van der Waals surface area contributed by atoms with Crippen LogP contribution in [0, 0.1) is 0 Å². The number of anilines is 1. The number of nitrogens with one attached hydrogen (secondary N) is 2. The number of carbonyl (C=O) groups excluding carboxylic acids is 1. The standard InChI is InChI=1S/C15H19N5O.2ClH/c21-15(8-13-2-1-5-17-13)19-14-9-18-20(11-14)10-12-3-6-16-7-4-12;;/h3-4,6-7,9,11,13,17H,1-2,5,8,10H2,(H,19,21);2*1H. The lowest BCUT2D eigenvalue weighted by Crippen LogP contribution is -2.27. The average Bonchev–Trinajstić information content (AvgIpc) is 3.12. The van der Waals surface area contributed by atoms with E-state index in [9.17, 15) is 4.79 Å². The van der Waals surface area contributed by atoms with Crippen molar-refractivity contribution in [2.45, 2.75) is 31.8 Å². The Kier molecular flexibility index (Phi) is 8.02. The van der Waals surface area contributed by atoms with Gasteiger partial charge in [-0.3, -0.25) is 14.5 Å². The van der Waals surface area contributed by atoms with E-state index in [0.717, 1.165) is 30.6 Å². The minimum Gasteiger partial charge on any atom is -0.323 e. The first-order chi connectivity index (χ1) is 10.3. The first kappa shape index (κ1) is 19.4. The number of amides is 1. The van der Waals surface area contributed by atoms with Gasteiger partial charge >= 0.3 is 0 Å². The van der Waals surface area contributed by atoms with E-state index in [1.807, 2.05) is 18.3 Å². The number of hydrogen-bond donors (Lipinski definition) is 2. The molecule has 1 aliphatic heterocycles. The summed E-state index contributed by atoms with van der Waals surface area (Å²) in [5, 5.41) is 10.5. The zero-order chi connectivity index (χ0) is 14.5. The van der Waals surface area contributed by atoms with Gasteiger partial charge in [-0.2, -0.15) is 5.10 Å². The van der Waals surface area contributed by atoms with Crippen molar-refractivity contribution < 1.29 is 4.79 Å². The van der Waals surface area contributed by atoms with Crippen LogP contribution in [0.4, 0.5) is 5.69 Å². The van der Waals surface area contributed by atoms with Gasteiger partial charge in [0.1, 0.15) is 0 Å². The normalized spacial score (nSPS) is 16.3. The summed E-state index contributed by atoms with van der Waals surface area (Å²) in [5.41, 5.74) is 1.87. The molecule has 1 atom stereocenters. The van der Waals surface area contributed by atoms with Crippen molar-refractivity contribution in [2.75, 3.05) is 11.9 Å². The molecule has 1 aliphatic rings. The van der Waals surface area contributed by atoms with Crippen LogP contribution in [0.15, 0.2) is 36.9 Å². The van der Waals surface area contributed by atoms with E-state index >= 15 is 0 Å². The molecule has 8 heteroatoms. The molecule has 2 aromatic heterocycles. The van der Waals surface area contributed by atoms with E-state index in [4.69, 9.17) is 0 Å². The van der Waals surface area contributed by atoms with Gasteiger partial charge in [0.25, 0.3) is 0 Å². The lowest BCUT2D eigenvalue weighted by Gasteiger charge is -2.09. The van der Waals surface area contributed by atoms with Gasteiger partial charge < -0.3 is 10.6 Å². The summed E-state index contributed by atoms with van der Waals surface area (Å²) >= 11 is 0. The molecule has 1 amide bonds. The Morgan fingerprint density at radius 1 is 1.35 bits per heavy atom. The lowest BCUT2D eigenvalue weighted by atomic mass is 10.1. The summed E-state index contributed by atoms with van der Waals surface area (Å²) in [5.74, 6) is 0.0397. The molecule has 6 nitrogen and oxygen atoms in total. The summed E-state index contributed by atoms with van der Waals surface area (Å²) in [6.07, 6.45) is 9.81. The van der Waals surface area contributed by atoms with Gasteiger partial charge in [-0.05, 0) is 37.1 Å². The number of hydrogen-bond acceptors (Lipinski definition) is 4. The van der Waals surface area contributed by atoms with Crippen LogP contribution in [0.5, 0.6) is 0 Å². The molecule has 1 fully saturated rings. The van der Waals surface area contributed by atoms with Gasteiger partial charge in [0.2, 0.25) is 5.91 Å². The first-order valence-electron chi connectivity index (χ1n) is 7.24. The monoisotopic (exact) mass is 357 g/mol. The van der Waals surface area contributed by atoms with E-state index in [2.05, 4.69) is 20.7 Å². The maximum atomic E-state index is 11.9. The Morgan fingerprint density at radius 2 is 2.13 bits per heavy atom. The van der Waals surface area contributed by atoms with Crippen molar-refractivity contribution in [3.63, 3.8) is 0 Å². The van der Waals surface area contributed by atoms with Crippen LogP contribution in [0.2, 0.25) is 0 Å². The molecule has 1 saturated heterocycles. The van der Waals surface area contributed by atoms with Crippen molar-refractivity contribution >= 4 is 36.4 Å². The third kappa shape index (κ3) is 5.82. The van der Waals surface area contributed by atoms with Crippen molar-refractivity contribution in [3.8, 4) is 0 Å². The molecular weight excluding hydrogens is 337 g/mol. The molecule has 0 aliphatic carbocycles. The number of aromatic nitrogens is 3. The highest BCUT2D eigenvalue weighted by Gasteiger charge is 2.17. The number of halogens is 2. The Morgan fingerprint density at radius 3 is 2.83 bits per heavy atom. The highest BCUT2D eigenvalue weighted by Crippen LogP contribution is 2.12. The molecule has 2 N–H and O–H groups in total. The van der Waals surface area contributed by atoms with Crippen LogP contribution in [0.25, 0.3) is 0 Å². The highest BCUT2D eigenvalue weighted by atomic mass is 35.5. The number of pyridine rings is 1. The summed E-state index contributed by atoms with van der Waals surface area (Å²) < 4.78 is 1.80. The maximum Gasteiger partial charge on any atom is 0.226 e. The van der Waals surface area contributed by atoms with Gasteiger partial charge in [-0.15, -0.1) is 24.8 Å². The third-order valence-electron chi connectivity index (χ3n) is 3.61. The molecule has 126 valence electrons. The van der Waals surface area contributed by atoms with Crippen molar-refractivity contribution in [2.24, 2.45) is 0 Å². The third-order valence-corrected chi connectivity index (χ3v) is 3.61. The molecule has 3 rings (SSSR count). The zero-order valence-electron chi connectivity index (χ0n) is 12.6. The zero-order valence-corrected chi connectivity index (χ0v) is 14.3. The highest BCUT2D eigenvalue weighted by molar-refractivity contribution is 5.90. The van der Waals surface area contributed by atoms with Crippen LogP contribution < -0.4 is 10.6 Å². The van der Waals surface area contributed by atoms with Gasteiger partial charge in [-0.1, -0.05) is 0 Å². The fourth-order valence-electron chi connectivity index (χ4n) is 2.56. The number of nitrogens with zero attached hydrogens (tertiary/aromatic N) is 3. The largest absolute Gasteiger partial charge is 0.323 e. The molecule has 0 spiro atoms. The molecule has 0 radical (unpaired) electrons. The molecule has 3 heterocycles. The summed E-state index contributed by atoms with van der Waals surface area (Å²) in [7, 11) is 0. The summed E-state index contributed by atoms with van der Waals surface area (Å²) in [6.45, 7) is 1.68. The average molecular weight is 358 g/mol. The van der Waals surface area contributed by atoms with Crippen LogP contribution in [0.3, 0.4) is 0 Å². The molecular formula is C15H21Cl2N5O. The van der Waals surface area contributed by atoms with Gasteiger partial charge in [0.15, 0.2) is 0 Å². The molecule has 0 saturated carbocycles. The quantitative estimate of drug-likeness (QED) is 0.860. The second-order valence-electron chi connectivity index (χ2n) is 5.33. The van der Waals surface area contributed by atoms with Crippen molar-refractivity contribution in [1.82, 2.24) is 20.1 Å². The Hall–Kier alpha value is -1.63. The predicted octanol–water partition coefficient (Wildman–Crippen LogP) is 2.25. The van der Waals surface area contributed by atoms with Crippen molar-refractivity contribution in [1.29, 1.82) is 0 Å². The Bertz CT molecular complexity index is 599. The smallest absolute Gasteiger partial charge is 0.226 e. The van der Waals surface area contributed by atoms with Crippen LogP contribution in [-0.2, 0) is 11.3 Å². The summed E-state index contributed by atoms with van der Waals surface area (Å²) in [4.78, 5) is 15.9. The predicted molar refractivity (Wildman–Crippen MR) is 94.3 cm³/mol. The van der Waals surface area contributed by atoms with E-state index in [-0.39, 0.29) is 30.7 Å². The van der Waals surface area contributed by atoms with Gasteiger partial charge in [0, 0.05) is 31.1 Å². The SMILES string of the molecule is Cl.Cl.O=C(CC1CCCN1)Nc1cnn(Cc2ccncc2)c1. The first-order valence-corrected chi connectivity index (χ1v) is 7.24. The van der Waals surface area contributed by atoms with Crippen molar-refractivity contribution in [3.05, 3.63) is 42.5 Å². The second-order valence-corrected chi connectivity index (χ2v) is 5.33. The van der Waals surface area contributed by atoms with Gasteiger partial charge in [-0.25, -0.2) is 0 Å². The molecule has 1 unspecified atom stereocenters. The second kappa shape index (κ2) is 9.50. The lowest BCUT2D eigenvalue weighted by molar-refractivity contribution is -0.116. The number of rotatable bonds is 5. The number of carbonyl (C=O) groups is 1. The van der Waals surface area contributed by atoms with E-state index in [1.165, 1.54) is 0 Å². The van der Waals surface area contributed by atoms with Gasteiger partial charge in [0.05, 0.1) is 18.4 Å². The minimum absolute atomic E-state index is 0. The maximum absolute atomic E-state index is 11.9. The van der Waals surface area contributed by atoms with E-state index < -0.39 is 0 Å². The molecule has 2 aromatic rings. The summed E-state index contributed by atoms with van der Waals surface area (Å²) in [6, 6.07) is 4.22. The fourth-order valence-corrected chi connectivity index (χ4v) is 2.56.